The van der Waals surface area contributed by atoms with E-state index in [1.165, 1.54) is 11.1 Å². The predicted octanol–water partition coefficient (Wildman–Crippen LogP) is 1.73. The van der Waals surface area contributed by atoms with Crippen molar-refractivity contribution in [1.29, 1.82) is 0 Å². The second kappa shape index (κ2) is 5.55. The molecule has 0 radical (unpaired) electrons. The van der Waals surface area contributed by atoms with E-state index in [2.05, 4.69) is 34.3 Å². The minimum Gasteiger partial charge on any atom is -0.360 e. The molecule has 1 aromatic carbocycles. The standard InChI is InChI=1S/C15H19N3O/c16-10-14-9-15(19-17-14)11-18-7-5-12-3-1-2-4-13(12)6-8-18/h1-4,9H,5-8,10-11,16H2. The second-order valence-corrected chi connectivity index (χ2v) is 5.03. The lowest BCUT2D eigenvalue weighted by Crippen LogP contribution is -2.25. The Hall–Kier alpha value is -1.65. The van der Waals surface area contributed by atoms with Crippen molar-refractivity contribution in [1.82, 2.24) is 10.1 Å². The summed E-state index contributed by atoms with van der Waals surface area (Å²) in [4.78, 5) is 2.42. The average Bonchev–Trinajstić information content (AvgIpc) is 2.80. The number of hydrogen-bond acceptors (Lipinski definition) is 4. The van der Waals surface area contributed by atoms with Gasteiger partial charge in [0.25, 0.3) is 0 Å². The highest BCUT2D eigenvalue weighted by Crippen LogP contribution is 2.17. The van der Waals surface area contributed by atoms with Gasteiger partial charge in [-0.05, 0) is 24.0 Å². The fourth-order valence-electron chi connectivity index (χ4n) is 2.62. The first-order valence-electron chi connectivity index (χ1n) is 6.79. The summed E-state index contributed by atoms with van der Waals surface area (Å²) in [5.74, 6) is 0.909. The van der Waals surface area contributed by atoms with Crippen molar-refractivity contribution in [3.63, 3.8) is 0 Å². The molecule has 1 aromatic heterocycles. The van der Waals surface area contributed by atoms with Gasteiger partial charge in [-0.3, -0.25) is 4.90 Å². The number of aromatic nitrogens is 1. The van der Waals surface area contributed by atoms with Crippen molar-refractivity contribution in [3.05, 3.63) is 52.9 Å². The maximum absolute atomic E-state index is 5.54. The Morgan fingerprint density at radius 3 is 2.42 bits per heavy atom. The molecule has 0 saturated carbocycles. The van der Waals surface area contributed by atoms with Crippen LogP contribution in [0.2, 0.25) is 0 Å². The zero-order chi connectivity index (χ0) is 13.1. The lowest BCUT2D eigenvalue weighted by Gasteiger charge is -2.17. The third-order valence-electron chi connectivity index (χ3n) is 3.71. The van der Waals surface area contributed by atoms with E-state index in [0.29, 0.717) is 6.54 Å². The molecule has 0 amide bonds. The van der Waals surface area contributed by atoms with Gasteiger partial charge in [-0.25, -0.2) is 0 Å². The SMILES string of the molecule is NCc1cc(CN2CCc3ccccc3CC2)on1. The first-order valence-corrected chi connectivity index (χ1v) is 6.79. The van der Waals surface area contributed by atoms with Gasteiger partial charge in [0.15, 0.2) is 5.76 Å². The van der Waals surface area contributed by atoms with Crippen LogP contribution in [0, 0.1) is 0 Å². The zero-order valence-electron chi connectivity index (χ0n) is 11.0. The molecule has 0 fully saturated rings. The smallest absolute Gasteiger partial charge is 0.151 e. The number of benzene rings is 1. The van der Waals surface area contributed by atoms with Gasteiger partial charge in [-0.15, -0.1) is 0 Å². The van der Waals surface area contributed by atoms with E-state index in [1.54, 1.807) is 0 Å². The largest absolute Gasteiger partial charge is 0.360 e. The summed E-state index contributed by atoms with van der Waals surface area (Å²) in [7, 11) is 0. The molecular weight excluding hydrogens is 238 g/mol. The molecule has 2 N–H and O–H groups in total. The number of nitrogens with zero attached hydrogens (tertiary/aromatic N) is 2. The minimum atomic E-state index is 0.439. The molecule has 0 unspecified atom stereocenters. The first kappa shape index (κ1) is 12.4. The molecule has 0 spiro atoms. The fourth-order valence-corrected chi connectivity index (χ4v) is 2.62. The van der Waals surface area contributed by atoms with Crippen molar-refractivity contribution in [3.8, 4) is 0 Å². The second-order valence-electron chi connectivity index (χ2n) is 5.03. The molecule has 0 aliphatic carbocycles. The average molecular weight is 257 g/mol. The predicted molar refractivity (Wildman–Crippen MR) is 73.5 cm³/mol. The number of nitrogens with two attached hydrogens (primary N) is 1. The highest BCUT2D eigenvalue weighted by atomic mass is 16.5. The molecule has 4 nitrogen and oxygen atoms in total. The third kappa shape index (κ3) is 2.85. The third-order valence-corrected chi connectivity index (χ3v) is 3.71. The van der Waals surface area contributed by atoms with Crippen LogP contribution in [0.5, 0.6) is 0 Å². The molecule has 19 heavy (non-hydrogen) atoms. The van der Waals surface area contributed by atoms with Crippen LogP contribution in [0.15, 0.2) is 34.9 Å². The summed E-state index contributed by atoms with van der Waals surface area (Å²) in [6, 6.07) is 10.7. The van der Waals surface area contributed by atoms with Gasteiger partial charge in [-0.2, -0.15) is 0 Å². The Morgan fingerprint density at radius 1 is 1.16 bits per heavy atom. The van der Waals surface area contributed by atoms with Crippen LogP contribution < -0.4 is 5.73 Å². The maximum atomic E-state index is 5.54. The van der Waals surface area contributed by atoms with E-state index in [9.17, 15) is 0 Å². The molecule has 3 rings (SSSR count). The molecule has 2 aromatic rings. The van der Waals surface area contributed by atoms with Crippen molar-refractivity contribution in [2.45, 2.75) is 25.9 Å². The van der Waals surface area contributed by atoms with Crippen LogP contribution in [0.25, 0.3) is 0 Å². The quantitative estimate of drug-likeness (QED) is 0.910. The van der Waals surface area contributed by atoms with E-state index in [-0.39, 0.29) is 0 Å². The number of hydrogen-bond donors (Lipinski definition) is 1. The Labute approximate surface area is 113 Å². The van der Waals surface area contributed by atoms with Gasteiger partial charge in [0, 0.05) is 25.7 Å². The molecule has 0 bridgehead atoms. The van der Waals surface area contributed by atoms with Crippen molar-refractivity contribution in [2.75, 3.05) is 13.1 Å². The Morgan fingerprint density at radius 2 is 1.84 bits per heavy atom. The molecule has 4 heteroatoms. The number of fused-ring (bicyclic) bond motifs is 1. The minimum absolute atomic E-state index is 0.439. The van der Waals surface area contributed by atoms with Crippen molar-refractivity contribution >= 4 is 0 Å². The van der Waals surface area contributed by atoms with E-state index in [0.717, 1.165) is 43.9 Å². The molecular formula is C15H19N3O. The van der Waals surface area contributed by atoms with Crippen LogP contribution in [0.4, 0.5) is 0 Å². The molecule has 1 aliphatic heterocycles. The highest BCUT2D eigenvalue weighted by molar-refractivity contribution is 5.28. The summed E-state index contributed by atoms with van der Waals surface area (Å²) in [5, 5.41) is 3.94. The molecule has 1 aliphatic rings. The Balaban J connectivity index is 1.65. The highest BCUT2D eigenvalue weighted by Gasteiger charge is 2.15. The van der Waals surface area contributed by atoms with Crippen LogP contribution in [0.1, 0.15) is 22.6 Å². The first-order chi connectivity index (χ1) is 9.35. The van der Waals surface area contributed by atoms with E-state index < -0.39 is 0 Å². The summed E-state index contributed by atoms with van der Waals surface area (Å²) in [6.07, 6.45) is 2.21. The summed E-state index contributed by atoms with van der Waals surface area (Å²) in [6.45, 7) is 3.39. The van der Waals surface area contributed by atoms with E-state index >= 15 is 0 Å². The lowest BCUT2D eigenvalue weighted by molar-refractivity contribution is 0.240. The van der Waals surface area contributed by atoms with Crippen LogP contribution in [-0.2, 0) is 25.9 Å². The van der Waals surface area contributed by atoms with Gasteiger partial charge in [0.05, 0.1) is 12.2 Å². The lowest BCUT2D eigenvalue weighted by atomic mass is 10.0. The summed E-state index contributed by atoms with van der Waals surface area (Å²) < 4.78 is 5.30. The molecule has 2 heterocycles. The van der Waals surface area contributed by atoms with Crippen LogP contribution in [-0.4, -0.2) is 23.1 Å². The fraction of sp³-hybridized carbons (Fsp3) is 0.400. The van der Waals surface area contributed by atoms with Gasteiger partial charge in [0.1, 0.15) is 0 Å². The zero-order valence-corrected chi connectivity index (χ0v) is 11.0. The number of rotatable bonds is 3. The maximum Gasteiger partial charge on any atom is 0.151 e. The molecule has 0 atom stereocenters. The van der Waals surface area contributed by atoms with Gasteiger partial charge in [0.2, 0.25) is 0 Å². The molecule has 100 valence electrons. The van der Waals surface area contributed by atoms with Gasteiger partial charge in [-0.1, -0.05) is 29.4 Å². The van der Waals surface area contributed by atoms with Crippen molar-refractivity contribution < 1.29 is 4.52 Å². The Kier molecular flexibility index (Phi) is 3.62. The topological polar surface area (TPSA) is 55.3 Å². The summed E-state index contributed by atoms with van der Waals surface area (Å²) >= 11 is 0. The van der Waals surface area contributed by atoms with Crippen molar-refractivity contribution in [2.24, 2.45) is 5.73 Å². The summed E-state index contributed by atoms with van der Waals surface area (Å²) in [5.41, 5.74) is 9.32. The van der Waals surface area contributed by atoms with Gasteiger partial charge < -0.3 is 10.3 Å². The van der Waals surface area contributed by atoms with Crippen LogP contribution >= 0.6 is 0 Å². The van der Waals surface area contributed by atoms with Crippen LogP contribution in [0.3, 0.4) is 0 Å². The Bertz CT molecular complexity index is 523. The normalized spacial score (nSPS) is 16.1. The monoisotopic (exact) mass is 257 g/mol. The van der Waals surface area contributed by atoms with Gasteiger partial charge >= 0.3 is 0 Å². The van der Waals surface area contributed by atoms with E-state index in [4.69, 9.17) is 10.3 Å². The van der Waals surface area contributed by atoms with E-state index in [1.807, 2.05) is 6.07 Å². The molecule has 0 saturated heterocycles.